The predicted octanol–water partition coefficient (Wildman–Crippen LogP) is 2.53. The Kier molecular flexibility index (Phi) is 4.68. The molecule has 0 saturated carbocycles. The molecule has 2 nitrogen and oxygen atoms in total. The maximum atomic E-state index is 12.5. The molecule has 0 atom stereocenters. The fourth-order valence-electron chi connectivity index (χ4n) is 1.12. The van der Waals surface area contributed by atoms with Crippen molar-refractivity contribution in [1.82, 2.24) is 4.98 Å². The molecule has 0 aromatic carbocycles. The summed E-state index contributed by atoms with van der Waals surface area (Å²) in [6, 6.07) is 2.53. The van der Waals surface area contributed by atoms with Crippen LogP contribution in [0.4, 0.5) is 19.0 Å². The molecule has 0 radical (unpaired) electrons. The van der Waals surface area contributed by atoms with E-state index in [0.717, 1.165) is 6.20 Å². The molecule has 1 aromatic rings. The van der Waals surface area contributed by atoms with Crippen LogP contribution in [-0.4, -0.2) is 30.4 Å². The minimum atomic E-state index is -2.47. The maximum Gasteiger partial charge on any atom is 0.255 e. The van der Waals surface area contributed by atoms with Gasteiger partial charge in [0, 0.05) is 12.4 Å². The van der Waals surface area contributed by atoms with Crippen molar-refractivity contribution in [1.29, 1.82) is 0 Å². The lowest BCUT2D eigenvalue weighted by molar-refractivity contribution is 0.155. The molecule has 1 heterocycles. The van der Waals surface area contributed by atoms with Gasteiger partial charge in [-0.3, -0.25) is 0 Å². The van der Waals surface area contributed by atoms with E-state index < -0.39 is 18.8 Å². The summed E-state index contributed by atoms with van der Waals surface area (Å²) < 4.78 is 36.9. The average Bonchev–Trinajstić information content (AvgIpc) is 2.17. The first kappa shape index (κ1) is 12.1. The summed E-state index contributed by atoms with van der Waals surface area (Å²) in [6.07, 6.45) is -1.48. The highest BCUT2D eigenvalue weighted by atomic mass is 35.5. The van der Waals surface area contributed by atoms with Gasteiger partial charge < -0.3 is 4.90 Å². The van der Waals surface area contributed by atoms with E-state index in [1.165, 1.54) is 17.0 Å². The van der Waals surface area contributed by atoms with Crippen LogP contribution in [0.2, 0.25) is 0 Å². The summed E-state index contributed by atoms with van der Waals surface area (Å²) in [5.41, 5.74) is 0. The SMILES string of the molecule is Fc1ccc(N(CCCl)CC(F)F)nc1. The van der Waals surface area contributed by atoms with Crippen molar-refractivity contribution in [3.63, 3.8) is 0 Å². The van der Waals surface area contributed by atoms with Crippen molar-refractivity contribution in [3.05, 3.63) is 24.1 Å². The Hall–Kier alpha value is -0.970. The monoisotopic (exact) mass is 238 g/mol. The molecule has 0 N–H and O–H groups in total. The molecule has 0 amide bonds. The van der Waals surface area contributed by atoms with Crippen molar-refractivity contribution in [2.24, 2.45) is 0 Å². The van der Waals surface area contributed by atoms with Crippen LogP contribution in [0.15, 0.2) is 18.3 Å². The summed E-state index contributed by atoms with van der Waals surface area (Å²) in [6.45, 7) is -0.199. The van der Waals surface area contributed by atoms with Gasteiger partial charge in [0.2, 0.25) is 0 Å². The first-order valence-corrected chi connectivity index (χ1v) is 4.87. The normalized spacial score (nSPS) is 10.7. The number of pyridine rings is 1. The zero-order chi connectivity index (χ0) is 11.3. The molecule has 84 valence electrons. The Morgan fingerprint density at radius 2 is 2.13 bits per heavy atom. The number of aromatic nitrogens is 1. The number of nitrogens with zero attached hydrogens (tertiary/aromatic N) is 2. The fraction of sp³-hybridized carbons (Fsp3) is 0.444. The second-order valence-electron chi connectivity index (χ2n) is 2.86. The van der Waals surface area contributed by atoms with E-state index in [4.69, 9.17) is 11.6 Å². The number of rotatable bonds is 5. The Morgan fingerprint density at radius 1 is 1.40 bits per heavy atom. The molecular formula is C9H10ClF3N2. The lowest BCUT2D eigenvalue weighted by atomic mass is 10.4. The lowest BCUT2D eigenvalue weighted by Gasteiger charge is -2.21. The van der Waals surface area contributed by atoms with Crippen LogP contribution < -0.4 is 4.90 Å². The van der Waals surface area contributed by atoms with Gasteiger partial charge in [-0.15, -0.1) is 11.6 Å². The van der Waals surface area contributed by atoms with Gasteiger partial charge >= 0.3 is 0 Å². The second kappa shape index (κ2) is 5.80. The Morgan fingerprint density at radius 3 is 2.60 bits per heavy atom. The third kappa shape index (κ3) is 3.95. The smallest absolute Gasteiger partial charge is 0.255 e. The Balaban J connectivity index is 2.74. The van der Waals surface area contributed by atoms with E-state index in [0.29, 0.717) is 5.82 Å². The number of anilines is 1. The van der Waals surface area contributed by atoms with Crippen LogP contribution in [0.5, 0.6) is 0 Å². The highest BCUT2D eigenvalue weighted by Gasteiger charge is 2.13. The zero-order valence-electron chi connectivity index (χ0n) is 7.84. The van der Waals surface area contributed by atoms with E-state index in [1.54, 1.807) is 0 Å². The third-order valence-electron chi connectivity index (χ3n) is 1.75. The second-order valence-corrected chi connectivity index (χ2v) is 3.24. The maximum absolute atomic E-state index is 12.5. The van der Waals surface area contributed by atoms with E-state index in [2.05, 4.69) is 4.98 Å². The zero-order valence-corrected chi connectivity index (χ0v) is 8.59. The Bertz CT molecular complexity index is 292. The van der Waals surface area contributed by atoms with Crippen molar-refractivity contribution in [3.8, 4) is 0 Å². The highest BCUT2D eigenvalue weighted by molar-refractivity contribution is 6.18. The van der Waals surface area contributed by atoms with Crippen LogP contribution in [0, 0.1) is 5.82 Å². The van der Waals surface area contributed by atoms with Gasteiger partial charge in [-0.1, -0.05) is 0 Å². The quantitative estimate of drug-likeness (QED) is 0.733. The molecule has 0 saturated heterocycles. The minimum Gasteiger partial charge on any atom is -0.350 e. The molecule has 15 heavy (non-hydrogen) atoms. The molecule has 0 spiro atoms. The first-order chi connectivity index (χ1) is 7.13. The molecule has 0 unspecified atom stereocenters. The minimum absolute atomic E-state index is 0.214. The lowest BCUT2D eigenvalue weighted by Crippen LogP contribution is -2.31. The van der Waals surface area contributed by atoms with E-state index >= 15 is 0 Å². The largest absolute Gasteiger partial charge is 0.350 e. The molecule has 6 heteroatoms. The summed E-state index contributed by atoms with van der Waals surface area (Å²) in [7, 11) is 0. The summed E-state index contributed by atoms with van der Waals surface area (Å²) in [5.74, 6) is 0.0187. The summed E-state index contributed by atoms with van der Waals surface area (Å²) in [4.78, 5) is 5.03. The van der Waals surface area contributed by atoms with Gasteiger partial charge in [-0.05, 0) is 12.1 Å². The van der Waals surface area contributed by atoms with E-state index in [9.17, 15) is 13.2 Å². The van der Waals surface area contributed by atoms with E-state index in [1.807, 2.05) is 0 Å². The van der Waals surface area contributed by atoms with Crippen LogP contribution in [-0.2, 0) is 0 Å². The average molecular weight is 239 g/mol. The first-order valence-electron chi connectivity index (χ1n) is 4.34. The van der Waals surface area contributed by atoms with Gasteiger partial charge in [0.05, 0.1) is 12.7 Å². The number of hydrogen-bond acceptors (Lipinski definition) is 2. The van der Waals surface area contributed by atoms with Gasteiger partial charge in [0.1, 0.15) is 11.6 Å². The molecule has 1 rings (SSSR count). The van der Waals surface area contributed by atoms with Crippen molar-refractivity contribution in [2.45, 2.75) is 6.43 Å². The van der Waals surface area contributed by atoms with Crippen molar-refractivity contribution in [2.75, 3.05) is 23.9 Å². The molecule has 0 aliphatic rings. The van der Waals surface area contributed by atoms with Crippen LogP contribution in [0.25, 0.3) is 0 Å². The highest BCUT2D eigenvalue weighted by Crippen LogP contribution is 2.12. The number of alkyl halides is 3. The summed E-state index contributed by atoms with van der Waals surface area (Å²) in [5, 5.41) is 0. The summed E-state index contributed by atoms with van der Waals surface area (Å²) >= 11 is 5.47. The topological polar surface area (TPSA) is 16.1 Å². The molecule has 1 aromatic heterocycles. The van der Waals surface area contributed by atoms with Crippen molar-refractivity contribution < 1.29 is 13.2 Å². The van der Waals surface area contributed by atoms with Crippen LogP contribution >= 0.6 is 11.6 Å². The van der Waals surface area contributed by atoms with Gasteiger partial charge in [-0.25, -0.2) is 18.2 Å². The van der Waals surface area contributed by atoms with Crippen molar-refractivity contribution >= 4 is 17.4 Å². The molecule has 0 fully saturated rings. The van der Waals surface area contributed by atoms with Gasteiger partial charge in [0.25, 0.3) is 6.43 Å². The molecule has 0 aliphatic carbocycles. The molecular weight excluding hydrogens is 229 g/mol. The molecule has 0 bridgehead atoms. The van der Waals surface area contributed by atoms with Gasteiger partial charge in [-0.2, -0.15) is 0 Å². The standard InChI is InChI=1S/C9H10ClF3N2/c10-3-4-15(6-8(12)13)9-2-1-7(11)5-14-9/h1-2,5,8H,3-4,6H2. The van der Waals surface area contributed by atoms with Crippen LogP contribution in [0.3, 0.4) is 0 Å². The fourth-order valence-corrected chi connectivity index (χ4v) is 1.33. The molecule has 0 aliphatic heterocycles. The third-order valence-corrected chi connectivity index (χ3v) is 1.92. The number of halogens is 4. The number of hydrogen-bond donors (Lipinski definition) is 0. The Labute approximate surface area is 90.7 Å². The van der Waals surface area contributed by atoms with Gasteiger partial charge in [0.15, 0.2) is 0 Å². The predicted molar refractivity (Wildman–Crippen MR) is 53.1 cm³/mol. The van der Waals surface area contributed by atoms with Crippen LogP contribution in [0.1, 0.15) is 0 Å². The van der Waals surface area contributed by atoms with E-state index in [-0.39, 0.29) is 12.4 Å².